The summed E-state index contributed by atoms with van der Waals surface area (Å²) in [5.41, 5.74) is -0.0502. The number of hydrogen-bond donors (Lipinski definition) is 1. The second-order valence-electron chi connectivity index (χ2n) is 3.88. The van der Waals surface area contributed by atoms with Crippen LogP contribution in [0.3, 0.4) is 0 Å². The first kappa shape index (κ1) is 13.0. The third-order valence-electron chi connectivity index (χ3n) is 2.36. The lowest BCUT2D eigenvalue weighted by atomic mass is 10.3. The molecule has 0 spiro atoms. The van der Waals surface area contributed by atoms with E-state index in [0.717, 1.165) is 0 Å². The van der Waals surface area contributed by atoms with Crippen LogP contribution in [0.25, 0.3) is 0 Å². The van der Waals surface area contributed by atoms with E-state index in [-0.39, 0.29) is 12.3 Å². The molecule has 1 unspecified atom stereocenters. The van der Waals surface area contributed by atoms with Crippen molar-refractivity contribution in [2.45, 2.75) is 12.6 Å². The number of nitro groups is 1. The van der Waals surface area contributed by atoms with Crippen molar-refractivity contribution < 1.29 is 14.8 Å². The highest BCUT2D eigenvalue weighted by Crippen LogP contribution is 2.19. The molecule has 0 radical (unpaired) electrons. The van der Waals surface area contributed by atoms with Crippen molar-refractivity contribution in [3.63, 3.8) is 0 Å². The zero-order valence-corrected chi connectivity index (χ0v) is 9.92. The Morgan fingerprint density at radius 3 is 2.84 bits per heavy atom. The number of nitro benzene ring substituents is 1. The van der Waals surface area contributed by atoms with Crippen LogP contribution in [0.4, 0.5) is 5.69 Å². The van der Waals surface area contributed by atoms with Gasteiger partial charge in [0.2, 0.25) is 0 Å². The molecular weight excluding hydrogens is 252 g/mol. The molecule has 1 aromatic heterocycles. The molecule has 0 aliphatic carbocycles. The summed E-state index contributed by atoms with van der Waals surface area (Å²) in [7, 11) is 0. The topological polar surface area (TPSA) is 103 Å². The number of aromatic nitrogens is 3. The van der Waals surface area contributed by atoms with Crippen LogP contribution in [-0.4, -0.2) is 37.5 Å². The predicted octanol–water partition coefficient (Wildman–Crippen LogP) is 0.626. The van der Waals surface area contributed by atoms with Gasteiger partial charge < -0.3 is 14.4 Å². The molecule has 2 rings (SSSR count). The number of aliphatic hydroxyl groups excluding tert-OH is 1. The second-order valence-corrected chi connectivity index (χ2v) is 3.88. The summed E-state index contributed by atoms with van der Waals surface area (Å²) >= 11 is 0. The SMILES string of the molecule is O=[N+]([O-])c1cccc(OCC(O)Cn2cnnc2)c1. The highest BCUT2D eigenvalue weighted by Gasteiger charge is 2.09. The number of ether oxygens (including phenoxy) is 1. The number of nitrogens with zero attached hydrogens (tertiary/aromatic N) is 4. The van der Waals surface area contributed by atoms with Crippen LogP contribution in [0.1, 0.15) is 0 Å². The molecule has 19 heavy (non-hydrogen) atoms. The zero-order valence-electron chi connectivity index (χ0n) is 9.92. The van der Waals surface area contributed by atoms with E-state index in [2.05, 4.69) is 10.2 Å². The van der Waals surface area contributed by atoms with Crippen LogP contribution in [0, 0.1) is 10.1 Å². The molecule has 8 nitrogen and oxygen atoms in total. The Kier molecular flexibility index (Phi) is 4.04. The number of aliphatic hydroxyl groups is 1. The summed E-state index contributed by atoms with van der Waals surface area (Å²) in [6.45, 7) is 0.321. The van der Waals surface area contributed by atoms with Crippen LogP contribution in [-0.2, 0) is 6.54 Å². The van der Waals surface area contributed by atoms with Gasteiger partial charge in [0.1, 0.15) is 31.1 Å². The quantitative estimate of drug-likeness (QED) is 0.606. The predicted molar refractivity (Wildman–Crippen MR) is 64.6 cm³/mol. The number of non-ortho nitro benzene ring substituents is 1. The molecule has 0 amide bonds. The van der Waals surface area contributed by atoms with Gasteiger partial charge in [0.25, 0.3) is 5.69 Å². The van der Waals surface area contributed by atoms with Crippen molar-refractivity contribution in [2.75, 3.05) is 6.61 Å². The summed E-state index contributed by atoms with van der Waals surface area (Å²) in [5.74, 6) is 0.344. The Balaban J connectivity index is 1.88. The maximum absolute atomic E-state index is 10.6. The van der Waals surface area contributed by atoms with E-state index >= 15 is 0 Å². The van der Waals surface area contributed by atoms with Gasteiger partial charge in [-0.05, 0) is 6.07 Å². The van der Waals surface area contributed by atoms with Crippen LogP contribution in [0.5, 0.6) is 5.75 Å². The average molecular weight is 264 g/mol. The maximum atomic E-state index is 10.6. The fourth-order valence-corrected chi connectivity index (χ4v) is 1.49. The van der Waals surface area contributed by atoms with E-state index in [0.29, 0.717) is 12.3 Å². The molecule has 1 atom stereocenters. The van der Waals surface area contributed by atoms with Crippen molar-refractivity contribution in [3.05, 3.63) is 47.0 Å². The van der Waals surface area contributed by atoms with E-state index in [1.807, 2.05) is 0 Å². The molecule has 0 bridgehead atoms. The number of benzene rings is 1. The lowest BCUT2D eigenvalue weighted by Crippen LogP contribution is -2.23. The fraction of sp³-hybridized carbons (Fsp3) is 0.273. The van der Waals surface area contributed by atoms with Gasteiger partial charge in [0.15, 0.2) is 0 Å². The Labute approximate surface area is 108 Å². The third kappa shape index (κ3) is 3.75. The first-order valence-corrected chi connectivity index (χ1v) is 5.53. The highest BCUT2D eigenvalue weighted by atomic mass is 16.6. The Hall–Kier alpha value is -2.48. The monoisotopic (exact) mass is 264 g/mol. The standard InChI is InChI=1S/C11H12N4O4/c16-10(5-14-7-12-13-8-14)6-19-11-3-1-2-9(4-11)15(17)18/h1-4,7-8,10,16H,5-6H2. The average Bonchev–Trinajstić information content (AvgIpc) is 2.89. The maximum Gasteiger partial charge on any atom is 0.273 e. The third-order valence-corrected chi connectivity index (χ3v) is 2.36. The minimum Gasteiger partial charge on any atom is -0.491 e. The normalized spacial score (nSPS) is 12.1. The summed E-state index contributed by atoms with van der Waals surface area (Å²) in [6.07, 6.45) is 2.21. The zero-order chi connectivity index (χ0) is 13.7. The smallest absolute Gasteiger partial charge is 0.273 e. The number of rotatable bonds is 6. The summed E-state index contributed by atoms with van der Waals surface area (Å²) in [5, 5.41) is 27.5. The molecule has 0 saturated carbocycles. The van der Waals surface area contributed by atoms with Crippen molar-refractivity contribution in [2.24, 2.45) is 0 Å². The molecule has 1 N–H and O–H groups in total. The van der Waals surface area contributed by atoms with Crippen molar-refractivity contribution in [3.8, 4) is 5.75 Å². The Bertz CT molecular complexity index is 543. The minimum absolute atomic E-state index is 0.0271. The van der Waals surface area contributed by atoms with Gasteiger partial charge in [0, 0.05) is 6.07 Å². The van der Waals surface area contributed by atoms with Gasteiger partial charge in [-0.15, -0.1) is 10.2 Å². The summed E-state index contributed by atoms with van der Waals surface area (Å²) in [4.78, 5) is 10.1. The Morgan fingerprint density at radius 2 is 2.16 bits per heavy atom. The van der Waals surface area contributed by atoms with Gasteiger partial charge in [-0.1, -0.05) is 6.07 Å². The van der Waals surface area contributed by atoms with Gasteiger partial charge in [-0.3, -0.25) is 10.1 Å². The summed E-state index contributed by atoms with van der Waals surface area (Å²) in [6, 6.07) is 5.81. The molecule has 0 aliphatic rings. The fourth-order valence-electron chi connectivity index (χ4n) is 1.49. The van der Waals surface area contributed by atoms with Crippen LogP contribution in [0.15, 0.2) is 36.9 Å². The van der Waals surface area contributed by atoms with Crippen molar-refractivity contribution in [1.29, 1.82) is 0 Å². The van der Waals surface area contributed by atoms with E-state index in [1.54, 1.807) is 10.6 Å². The minimum atomic E-state index is -0.754. The summed E-state index contributed by atoms with van der Waals surface area (Å²) < 4.78 is 6.91. The number of hydrogen-bond acceptors (Lipinski definition) is 6. The van der Waals surface area contributed by atoms with E-state index in [1.165, 1.54) is 30.9 Å². The second kappa shape index (κ2) is 5.91. The molecule has 1 heterocycles. The van der Waals surface area contributed by atoms with E-state index < -0.39 is 11.0 Å². The molecule has 0 aliphatic heterocycles. The Morgan fingerprint density at radius 1 is 1.42 bits per heavy atom. The molecule has 0 fully saturated rings. The molecule has 8 heteroatoms. The van der Waals surface area contributed by atoms with Crippen molar-refractivity contribution >= 4 is 5.69 Å². The van der Waals surface area contributed by atoms with Crippen molar-refractivity contribution in [1.82, 2.24) is 14.8 Å². The van der Waals surface area contributed by atoms with Gasteiger partial charge >= 0.3 is 0 Å². The molecule has 2 aromatic rings. The largest absolute Gasteiger partial charge is 0.491 e. The van der Waals surface area contributed by atoms with Crippen LogP contribution >= 0.6 is 0 Å². The van der Waals surface area contributed by atoms with Gasteiger partial charge in [-0.25, -0.2) is 0 Å². The first-order chi connectivity index (χ1) is 9.15. The lowest BCUT2D eigenvalue weighted by molar-refractivity contribution is -0.384. The van der Waals surface area contributed by atoms with Gasteiger partial charge in [0.05, 0.1) is 17.5 Å². The molecular formula is C11H12N4O4. The van der Waals surface area contributed by atoms with E-state index in [4.69, 9.17) is 4.74 Å². The molecule has 0 saturated heterocycles. The lowest BCUT2D eigenvalue weighted by Gasteiger charge is -2.12. The molecule has 1 aromatic carbocycles. The van der Waals surface area contributed by atoms with Crippen LogP contribution < -0.4 is 4.74 Å². The van der Waals surface area contributed by atoms with E-state index in [9.17, 15) is 15.2 Å². The first-order valence-electron chi connectivity index (χ1n) is 5.53. The van der Waals surface area contributed by atoms with Crippen LogP contribution in [0.2, 0.25) is 0 Å². The van der Waals surface area contributed by atoms with Gasteiger partial charge in [-0.2, -0.15) is 0 Å². The highest BCUT2D eigenvalue weighted by molar-refractivity contribution is 5.37. The molecule has 100 valence electrons.